The molecule has 1 amide bonds. The van der Waals surface area contributed by atoms with Gasteiger partial charge in [0, 0.05) is 19.4 Å². The Hall–Kier alpha value is -2.41. The number of carbonyl (C=O) groups excluding carboxylic acids is 1. The molecule has 0 fully saturated rings. The molecule has 1 aromatic rings. The summed E-state index contributed by atoms with van der Waals surface area (Å²) in [4.78, 5) is 33.2. The summed E-state index contributed by atoms with van der Waals surface area (Å²) in [7, 11) is 0. The van der Waals surface area contributed by atoms with Crippen LogP contribution in [-0.4, -0.2) is 39.7 Å². The molecule has 1 aromatic carbocycles. The minimum absolute atomic E-state index is 0.0925. The Labute approximate surface area is 133 Å². The van der Waals surface area contributed by atoms with Crippen molar-refractivity contribution in [2.24, 2.45) is 5.92 Å². The maximum Gasteiger partial charge on any atom is 0.307 e. The zero-order valence-corrected chi connectivity index (χ0v) is 12.6. The second kappa shape index (κ2) is 9.58. The third-order valence-electron chi connectivity index (χ3n) is 3.41. The molecule has 0 aliphatic carbocycles. The largest absolute Gasteiger partial charge is 0.481 e. The Morgan fingerprint density at radius 1 is 1.04 bits per heavy atom. The Bertz CT molecular complexity index is 531. The lowest BCUT2D eigenvalue weighted by molar-refractivity contribution is -0.145. The van der Waals surface area contributed by atoms with E-state index in [0.29, 0.717) is 6.42 Å². The Kier molecular flexibility index (Phi) is 7.76. The summed E-state index contributed by atoms with van der Waals surface area (Å²) in [6, 6.07) is 8.99. The van der Waals surface area contributed by atoms with Gasteiger partial charge in [-0.05, 0) is 18.4 Å². The highest BCUT2D eigenvalue weighted by molar-refractivity contribution is 5.82. The highest BCUT2D eigenvalue weighted by atomic mass is 16.4. The van der Waals surface area contributed by atoms with E-state index < -0.39 is 29.9 Å². The number of carboxylic acids is 2. The zero-order chi connectivity index (χ0) is 17.2. The smallest absolute Gasteiger partial charge is 0.307 e. The van der Waals surface area contributed by atoms with Crippen molar-refractivity contribution in [1.29, 1.82) is 0 Å². The molecule has 0 spiro atoms. The van der Waals surface area contributed by atoms with Gasteiger partial charge in [-0.2, -0.15) is 0 Å². The van der Waals surface area contributed by atoms with E-state index in [4.69, 9.17) is 10.2 Å². The molecule has 7 nitrogen and oxygen atoms in total. The summed E-state index contributed by atoms with van der Waals surface area (Å²) in [5.41, 5.74) is 0.742. The topological polar surface area (TPSA) is 124 Å². The van der Waals surface area contributed by atoms with Crippen LogP contribution in [-0.2, 0) is 14.4 Å². The van der Waals surface area contributed by atoms with Crippen molar-refractivity contribution < 1.29 is 29.7 Å². The van der Waals surface area contributed by atoms with Gasteiger partial charge in [0.2, 0.25) is 5.91 Å². The number of nitrogens with one attached hydrogen (secondary N) is 1. The molecule has 0 aliphatic rings. The van der Waals surface area contributed by atoms with Crippen molar-refractivity contribution in [3.63, 3.8) is 0 Å². The van der Waals surface area contributed by atoms with Crippen LogP contribution in [0.5, 0.6) is 0 Å². The Morgan fingerprint density at radius 2 is 1.70 bits per heavy atom. The quantitative estimate of drug-likeness (QED) is 0.512. The SMILES string of the molecule is O=C(O)CCC(CC(=O)NCCC(O)c1ccccc1)C(=O)O. The number of carboxylic acid groups (broad SMARTS) is 2. The highest BCUT2D eigenvalue weighted by Gasteiger charge is 2.22. The van der Waals surface area contributed by atoms with Gasteiger partial charge in [0.25, 0.3) is 0 Å². The number of benzene rings is 1. The predicted molar refractivity (Wildman–Crippen MR) is 81.6 cm³/mol. The van der Waals surface area contributed by atoms with Gasteiger partial charge in [-0.1, -0.05) is 30.3 Å². The van der Waals surface area contributed by atoms with Crippen molar-refractivity contribution >= 4 is 17.8 Å². The molecule has 7 heteroatoms. The molecule has 23 heavy (non-hydrogen) atoms. The molecule has 1 rings (SSSR count). The number of hydrogen-bond donors (Lipinski definition) is 4. The average Bonchev–Trinajstić information content (AvgIpc) is 2.51. The van der Waals surface area contributed by atoms with Gasteiger partial charge in [-0.15, -0.1) is 0 Å². The number of rotatable bonds is 10. The molecule has 0 aliphatic heterocycles. The van der Waals surface area contributed by atoms with E-state index >= 15 is 0 Å². The number of carbonyl (C=O) groups is 3. The third-order valence-corrected chi connectivity index (χ3v) is 3.41. The molecule has 0 saturated heterocycles. The monoisotopic (exact) mass is 323 g/mol. The van der Waals surface area contributed by atoms with E-state index in [2.05, 4.69) is 5.32 Å². The van der Waals surface area contributed by atoms with Crippen LogP contribution >= 0.6 is 0 Å². The number of amides is 1. The van der Waals surface area contributed by atoms with Crippen molar-refractivity contribution in [1.82, 2.24) is 5.32 Å². The Balaban J connectivity index is 2.34. The first-order valence-corrected chi connectivity index (χ1v) is 7.34. The number of aliphatic hydroxyl groups excluding tert-OH is 1. The van der Waals surface area contributed by atoms with Crippen LogP contribution in [0.1, 0.15) is 37.4 Å². The van der Waals surface area contributed by atoms with Gasteiger partial charge in [0.15, 0.2) is 0 Å². The minimum atomic E-state index is -1.19. The average molecular weight is 323 g/mol. The molecular formula is C16H21NO6. The molecule has 4 N–H and O–H groups in total. The van der Waals surface area contributed by atoms with Gasteiger partial charge >= 0.3 is 11.9 Å². The first-order chi connectivity index (χ1) is 10.9. The fraction of sp³-hybridized carbons (Fsp3) is 0.438. The van der Waals surface area contributed by atoms with Gasteiger partial charge in [-0.3, -0.25) is 14.4 Å². The lowest BCUT2D eigenvalue weighted by atomic mass is 9.99. The van der Waals surface area contributed by atoms with E-state index in [-0.39, 0.29) is 25.8 Å². The molecule has 2 atom stereocenters. The van der Waals surface area contributed by atoms with E-state index in [1.165, 1.54) is 0 Å². The maximum atomic E-state index is 11.7. The van der Waals surface area contributed by atoms with E-state index in [1.807, 2.05) is 6.07 Å². The summed E-state index contributed by atoms with van der Waals surface area (Å²) < 4.78 is 0. The lowest BCUT2D eigenvalue weighted by Crippen LogP contribution is -2.30. The zero-order valence-electron chi connectivity index (χ0n) is 12.6. The van der Waals surface area contributed by atoms with Crippen molar-refractivity contribution in [3.8, 4) is 0 Å². The van der Waals surface area contributed by atoms with Crippen molar-refractivity contribution in [3.05, 3.63) is 35.9 Å². The molecule has 0 saturated carbocycles. The van der Waals surface area contributed by atoms with Gasteiger partial charge < -0.3 is 20.6 Å². The highest BCUT2D eigenvalue weighted by Crippen LogP contribution is 2.15. The molecule has 2 unspecified atom stereocenters. The maximum absolute atomic E-state index is 11.7. The molecule has 126 valence electrons. The molecule has 0 radical (unpaired) electrons. The summed E-state index contributed by atoms with van der Waals surface area (Å²) in [6.45, 7) is 0.208. The van der Waals surface area contributed by atoms with E-state index in [1.54, 1.807) is 24.3 Å². The van der Waals surface area contributed by atoms with E-state index in [0.717, 1.165) is 5.56 Å². The predicted octanol–water partition coefficient (Wildman–Crippen LogP) is 1.18. The van der Waals surface area contributed by atoms with Crippen LogP contribution in [0.4, 0.5) is 0 Å². The van der Waals surface area contributed by atoms with Crippen LogP contribution in [0, 0.1) is 5.92 Å². The van der Waals surface area contributed by atoms with Crippen LogP contribution in [0.3, 0.4) is 0 Å². The second-order valence-corrected chi connectivity index (χ2v) is 5.24. The van der Waals surface area contributed by atoms with Crippen LogP contribution in [0.15, 0.2) is 30.3 Å². The fourth-order valence-electron chi connectivity index (χ4n) is 2.10. The lowest BCUT2D eigenvalue weighted by Gasteiger charge is -2.13. The van der Waals surface area contributed by atoms with Crippen molar-refractivity contribution in [2.45, 2.75) is 31.8 Å². The molecule has 0 heterocycles. The fourth-order valence-corrected chi connectivity index (χ4v) is 2.10. The van der Waals surface area contributed by atoms with Crippen LogP contribution < -0.4 is 5.32 Å². The summed E-state index contributed by atoms with van der Waals surface area (Å²) in [5, 5.41) is 30.0. The summed E-state index contributed by atoms with van der Waals surface area (Å²) >= 11 is 0. The second-order valence-electron chi connectivity index (χ2n) is 5.24. The van der Waals surface area contributed by atoms with Crippen molar-refractivity contribution in [2.75, 3.05) is 6.54 Å². The van der Waals surface area contributed by atoms with E-state index in [9.17, 15) is 19.5 Å². The molecular weight excluding hydrogens is 302 g/mol. The van der Waals surface area contributed by atoms with Crippen LogP contribution in [0.2, 0.25) is 0 Å². The normalized spacial score (nSPS) is 13.1. The van der Waals surface area contributed by atoms with Gasteiger partial charge in [0.05, 0.1) is 12.0 Å². The standard InChI is InChI=1S/C16H21NO6/c18-13(11-4-2-1-3-5-11)8-9-17-14(19)10-12(16(22)23)6-7-15(20)21/h1-5,12-13,18H,6-10H2,(H,17,19)(H,20,21)(H,22,23). The molecule has 0 bridgehead atoms. The summed E-state index contributed by atoms with van der Waals surface area (Å²) in [6.07, 6.45) is -1.06. The number of aliphatic carboxylic acids is 2. The third kappa shape index (κ3) is 7.42. The number of hydrogen-bond acceptors (Lipinski definition) is 4. The van der Waals surface area contributed by atoms with Gasteiger partial charge in [0.1, 0.15) is 0 Å². The minimum Gasteiger partial charge on any atom is -0.481 e. The first kappa shape index (κ1) is 18.6. The molecule has 0 aromatic heterocycles. The number of aliphatic hydroxyl groups is 1. The van der Waals surface area contributed by atoms with Crippen LogP contribution in [0.25, 0.3) is 0 Å². The Morgan fingerprint density at radius 3 is 2.26 bits per heavy atom. The van der Waals surface area contributed by atoms with Gasteiger partial charge in [-0.25, -0.2) is 0 Å². The summed E-state index contributed by atoms with van der Waals surface area (Å²) in [5.74, 6) is -3.78. The first-order valence-electron chi connectivity index (χ1n) is 7.34.